The van der Waals surface area contributed by atoms with Crippen LogP contribution >= 0.6 is 0 Å². The van der Waals surface area contributed by atoms with Gasteiger partial charge in [-0.15, -0.1) is 0 Å². The maximum Gasteiger partial charge on any atom is 0.182 e. The lowest BCUT2D eigenvalue weighted by Crippen LogP contribution is -2.52. The molecule has 0 aliphatic carbocycles. The Bertz CT molecular complexity index is 419. The molecule has 2 nitrogen and oxygen atoms in total. The molecule has 1 unspecified atom stereocenters. The van der Waals surface area contributed by atoms with Crippen LogP contribution in [0.2, 0.25) is 0 Å². The molecule has 2 heteroatoms. The van der Waals surface area contributed by atoms with Gasteiger partial charge in [-0.05, 0) is 50.8 Å². The Hall–Kier alpha value is -1.15. The van der Waals surface area contributed by atoms with Gasteiger partial charge in [-0.1, -0.05) is 31.5 Å². The van der Waals surface area contributed by atoms with Gasteiger partial charge >= 0.3 is 0 Å². The van der Waals surface area contributed by atoms with Gasteiger partial charge in [-0.25, -0.2) is 0 Å². The molecule has 1 aliphatic heterocycles. The fourth-order valence-corrected chi connectivity index (χ4v) is 2.73. The predicted molar refractivity (Wildman–Crippen MR) is 75.0 cm³/mol. The number of benzene rings is 1. The first kappa shape index (κ1) is 13.3. The third kappa shape index (κ3) is 2.81. The maximum atomic E-state index is 12.6. The van der Waals surface area contributed by atoms with E-state index in [0.717, 1.165) is 37.8 Å². The molecule has 1 aromatic rings. The molecule has 1 aliphatic rings. The third-order valence-corrected chi connectivity index (χ3v) is 3.85. The lowest BCUT2D eigenvalue weighted by Gasteiger charge is -2.33. The van der Waals surface area contributed by atoms with Gasteiger partial charge in [0.15, 0.2) is 5.78 Å². The van der Waals surface area contributed by atoms with Gasteiger partial charge in [0.25, 0.3) is 0 Å². The average Bonchev–Trinajstić information content (AvgIpc) is 2.39. The number of carbonyl (C=O) groups excluding carboxylic acids is 1. The van der Waals surface area contributed by atoms with Crippen LogP contribution < -0.4 is 5.32 Å². The minimum atomic E-state index is -0.358. The van der Waals surface area contributed by atoms with Crippen molar-refractivity contribution in [2.45, 2.75) is 51.5 Å². The molecular formula is C16H23NO. The van der Waals surface area contributed by atoms with E-state index in [-0.39, 0.29) is 11.3 Å². The Morgan fingerprint density at radius 3 is 2.89 bits per heavy atom. The van der Waals surface area contributed by atoms with Gasteiger partial charge in [0, 0.05) is 5.56 Å². The Balaban J connectivity index is 2.19. The molecule has 1 aromatic carbocycles. The topological polar surface area (TPSA) is 29.1 Å². The lowest BCUT2D eigenvalue weighted by molar-refractivity contribution is 0.0834. The highest BCUT2D eigenvalue weighted by Crippen LogP contribution is 2.24. The monoisotopic (exact) mass is 245 g/mol. The van der Waals surface area contributed by atoms with Crippen molar-refractivity contribution < 1.29 is 4.79 Å². The number of ketones is 1. The van der Waals surface area contributed by atoms with Gasteiger partial charge < -0.3 is 5.32 Å². The van der Waals surface area contributed by atoms with Gasteiger partial charge in [-0.3, -0.25) is 4.79 Å². The van der Waals surface area contributed by atoms with Crippen LogP contribution in [0.5, 0.6) is 0 Å². The standard InChI is InChI=1S/C16H23NO/c1-3-7-13-8-6-9-14(12-13)15(18)16(2)10-4-5-11-17-16/h6,8-9,12,17H,3-5,7,10-11H2,1-2H3. The van der Waals surface area contributed by atoms with E-state index in [4.69, 9.17) is 0 Å². The smallest absolute Gasteiger partial charge is 0.182 e. The first-order chi connectivity index (χ1) is 8.65. The SMILES string of the molecule is CCCc1cccc(C(=O)C2(C)CCCCN2)c1. The fraction of sp³-hybridized carbons (Fsp3) is 0.562. The zero-order chi connectivity index (χ0) is 13.0. The second kappa shape index (κ2) is 5.66. The third-order valence-electron chi connectivity index (χ3n) is 3.85. The molecular weight excluding hydrogens is 222 g/mol. The van der Waals surface area contributed by atoms with Crippen molar-refractivity contribution in [1.82, 2.24) is 5.32 Å². The predicted octanol–water partition coefficient (Wildman–Crippen LogP) is 3.35. The largest absolute Gasteiger partial charge is 0.305 e. The van der Waals surface area contributed by atoms with Crippen LogP contribution in [0.3, 0.4) is 0 Å². The molecule has 18 heavy (non-hydrogen) atoms. The summed E-state index contributed by atoms with van der Waals surface area (Å²) in [7, 11) is 0. The van der Waals surface area contributed by atoms with Crippen molar-refractivity contribution in [2.24, 2.45) is 0 Å². The Kier molecular flexibility index (Phi) is 4.18. The van der Waals surface area contributed by atoms with Crippen molar-refractivity contribution in [3.8, 4) is 0 Å². The van der Waals surface area contributed by atoms with E-state index in [1.165, 1.54) is 12.0 Å². The summed E-state index contributed by atoms with van der Waals surface area (Å²) in [4.78, 5) is 12.6. The van der Waals surface area contributed by atoms with E-state index in [1.54, 1.807) is 0 Å². The van der Waals surface area contributed by atoms with Crippen LogP contribution in [0.15, 0.2) is 24.3 Å². The average molecular weight is 245 g/mol. The first-order valence-corrected chi connectivity index (χ1v) is 7.04. The molecule has 0 bridgehead atoms. The zero-order valence-electron chi connectivity index (χ0n) is 11.5. The Morgan fingerprint density at radius 2 is 2.22 bits per heavy atom. The van der Waals surface area contributed by atoms with Crippen molar-refractivity contribution in [3.05, 3.63) is 35.4 Å². The van der Waals surface area contributed by atoms with Crippen molar-refractivity contribution in [1.29, 1.82) is 0 Å². The molecule has 1 heterocycles. The number of hydrogen-bond acceptors (Lipinski definition) is 2. The zero-order valence-corrected chi connectivity index (χ0v) is 11.5. The molecule has 0 amide bonds. The maximum absolute atomic E-state index is 12.6. The number of nitrogens with one attached hydrogen (secondary N) is 1. The summed E-state index contributed by atoms with van der Waals surface area (Å²) in [5.74, 6) is 0.250. The summed E-state index contributed by atoms with van der Waals surface area (Å²) in [6.07, 6.45) is 5.44. The van der Waals surface area contributed by atoms with Crippen LogP contribution in [0, 0.1) is 0 Å². The molecule has 1 fully saturated rings. The van der Waals surface area contributed by atoms with Crippen molar-refractivity contribution >= 4 is 5.78 Å². The number of hydrogen-bond donors (Lipinski definition) is 1. The summed E-state index contributed by atoms with van der Waals surface area (Å²) in [6.45, 7) is 5.16. The van der Waals surface area contributed by atoms with E-state index < -0.39 is 0 Å². The van der Waals surface area contributed by atoms with Gasteiger partial charge in [-0.2, -0.15) is 0 Å². The van der Waals surface area contributed by atoms with E-state index in [1.807, 2.05) is 19.1 Å². The lowest BCUT2D eigenvalue weighted by atomic mass is 9.83. The van der Waals surface area contributed by atoms with Gasteiger partial charge in [0.2, 0.25) is 0 Å². The van der Waals surface area contributed by atoms with Crippen molar-refractivity contribution in [2.75, 3.05) is 6.54 Å². The number of carbonyl (C=O) groups is 1. The molecule has 0 radical (unpaired) electrons. The molecule has 1 saturated heterocycles. The van der Waals surface area contributed by atoms with Crippen LogP contribution in [-0.4, -0.2) is 17.9 Å². The van der Waals surface area contributed by atoms with E-state index in [9.17, 15) is 4.79 Å². The van der Waals surface area contributed by atoms with E-state index >= 15 is 0 Å². The van der Waals surface area contributed by atoms with Crippen LogP contribution in [-0.2, 0) is 6.42 Å². The molecule has 1 atom stereocenters. The Morgan fingerprint density at radius 1 is 1.39 bits per heavy atom. The molecule has 0 spiro atoms. The second-order valence-corrected chi connectivity index (χ2v) is 5.50. The van der Waals surface area contributed by atoms with Crippen LogP contribution in [0.1, 0.15) is 55.5 Å². The normalized spacial score (nSPS) is 23.9. The van der Waals surface area contributed by atoms with Crippen LogP contribution in [0.4, 0.5) is 0 Å². The molecule has 0 saturated carbocycles. The Labute approximate surface area is 110 Å². The quantitative estimate of drug-likeness (QED) is 0.824. The number of aryl methyl sites for hydroxylation is 1. The highest BCUT2D eigenvalue weighted by atomic mass is 16.1. The number of Topliss-reactive ketones (excluding diaryl/α,β-unsaturated/α-hetero) is 1. The van der Waals surface area contributed by atoms with Gasteiger partial charge in [0.1, 0.15) is 0 Å². The number of piperidine rings is 1. The summed E-state index contributed by atoms with van der Waals surface area (Å²) in [5.41, 5.74) is 1.77. The van der Waals surface area contributed by atoms with Crippen molar-refractivity contribution in [3.63, 3.8) is 0 Å². The summed E-state index contributed by atoms with van der Waals surface area (Å²) < 4.78 is 0. The first-order valence-electron chi connectivity index (χ1n) is 7.04. The molecule has 0 aromatic heterocycles. The highest BCUT2D eigenvalue weighted by Gasteiger charge is 2.34. The minimum absolute atomic E-state index is 0.250. The van der Waals surface area contributed by atoms with Gasteiger partial charge in [0.05, 0.1) is 5.54 Å². The molecule has 1 N–H and O–H groups in total. The summed E-state index contributed by atoms with van der Waals surface area (Å²) >= 11 is 0. The molecule has 2 rings (SSSR count). The number of rotatable bonds is 4. The summed E-state index contributed by atoms with van der Waals surface area (Å²) in [6, 6.07) is 8.12. The fourth-order valence-electron chi connectivity index (χ4n) is 2.73. The molecule has 98 valence electrons. The second-order valence-electron chi connectivity index (χ2n) is 5.50. The van der Waals surface area contributed by atoms with E-state index in [2.05, 4.69) is 24.4 Å². The minimum Gasteiger partial charge on any atom is -0.305 e. The highest BCUT2D eigenvalue weighted by molar-refractivity contribution is 6.03. The van der Waals surface area contributed by atoms with Crippen LogP contribution in [0.25, 0.3) is 0 Å². The summed E-state index contributed by atoms with van der Waals surface area (Å²) in [5, 5.41) is 3.40. The van der Waals surface area contributed by atoms with E-state index in [0.29, 0.717) is 0 Å².